The zero-order valence-electron chi connectivity index (χ0n) is 12.1. The van der Waals surface area contributed by atoms with E-state index >= 15 is 0 Å². The van der Waals surface area contributed by atoms with Crippen LogP contribution in [0.5, 0.6) is 0 Å². The molecule has 1 atom stereocenters. The van der Waals surface area contributed by atoms with Crippen molar-refractivity contribution in [2.45, 2.75) is 26.8 Å². The molecule has 0 fully saturated rings. The third kappa shape index (κ3) is 3.14. The lowest BCUT2D eigenvalue weighted by atomic mass is 10.0. The van der Waals surface area contributed by atoms with Crippen LogP contribution in [0.4, 0.5) is 10.7 Å². The Morgan fingerprint density at radius 3 is 2.60 bits per heavy atom. The molecular formula is C14H19N5O. The lowest BCUT2D eigenvalue weighted by Crippen LogP contribution is -2.32. The molecule has 2 aromatic rings. The summed E-state index contributed by atoms with van der Waals surface area (Å²) in [6, 6.07) is 7.60. The fourth-order valence-corrected chi connectivity index (χ4v) is 2.11. The maximum absolute atomic E-state index is 12.0. The van der Waals surface area contributed by atoms with E-state index in [4.69, 9.17) is 0 Å². The highest BCUT2D eigenvalue weighted by atomic mass is 16.2. The average Bonchev–Trinajstić information content (AvgIpc) is 2.68. The second-order valence-corrected chi connectivity index (χ2v) is 4.78. The van der Waals surface area contributed by atoms with Gasteiger partial charge in [0.25, 0.3) is 0 Å². The lowest BCUT2D eigenvalue weighted by molar-refractivity contribution is 0.249. The highest BCUT2D eigenvalue weighted by Crippen LogP contribution is 2.16. The predicted molar refractivity (Wildman–Crippen MR) is 77.5 cm³/mol. The van der Waals surface area contributed by atoms with Crippen molar-refractivity contribution in [3.8, 4) is 0 Å². The Bertz CT molecular complexity index is 620. The number of aryl methyl sites for hydroxylation is 3. The summed E-state index contributed by atoms with van der Waals surface area (Å²) in [4.78, 5) is 16.1. The largest absolute Gasteiger partial charge is 0.331 e. The van der Waals surface area contributed by atoms with E-state index in [0.29, 0.717) is 11.8 Å². The quantitative estimate of drug-likeness (QED) is 0.901. The smallest absolute Gasteiger partial charge is 0.322 e. The topological polar surface area (TPSA) is 71.8 Å². The summed E-state index contributed by atoms with van der Waals surface area (Å²) >= 11 is 0. The van der Waals surface area contributed by atoms with Gasteiger partial charge in [-0.1, -0.05) is 24.3 Å². The molecule has 0 radical (unpaired) electrons. The molecule has 1 heterocycles. The number of hydrogen-bond donors (Lipinski definition) is 2. The number of nitrogens with zero attached hydrogens (tertiary/aromatic N) is 3. The molecule has 6 nitrogen and oxygen atoms in total. The molecule has 20 heavy (non-hydrogen) atoms. The molecule has 0 aliphatic rings. The fraction of sp³-hybridized carbons (Fsp3) is 0.357. The zero-order chi connectivity index (χ0) is 14.7. The molecule has 1 aromatic carbocycles. The Morgan fingerprint density at radius 1 is 1.30 bits per heavy atom. The highest BCUT2D eigenvalue weighted by Gasteiger charge is 2.13. The first-order valence-electron chi connectivity index (χ1n) is 6.48. The van der Waals surface area contributed by atoms with Gasteiger partial charge in [-0.05, 0) is 31.9 Å². The van der Waals surface area contributed by atoms with Gasteiger partial charge in [-0.15, -0.1) is 0 Å². The SMILES string of the molecule is Cc1nc(NC(=O)N[C@@H](C)c2ccccc2C)n(C)n1. The van der Waals surface area contributed by atoms with Crippen molar-refractivity contribution < 1.29 is 4.79 Å². The van der Waals surface area contributed by atoms with Gasteiger partial charge < -0.3 is 5.32 Å². The predicted octanol–water partition coefficient (Wildman–Crippen LogP) is 2.31. The Labute approximate surface area is 118 Å². The minimum Gasteiger partial charge on any atom is -0.331 e. The molecule has 0 unspecified atom stereocenters. The normalized spacial score (nSPS) is 12.0. The van der Waals surface area contributed by atoms with Gasteiger partial charge in [0.2, 0.25) is 5.95 Å². The minimum atomic E-state index is -0.295. The van der Waals surface area contributed by atoms with Crippen LogP contribution in [0.3, 0.4) is 0 Å². The van der Waals surface area contributed by atoms with Gasteiger partial charge in [0.1, 0.15) is 5.82 Å². The Balaban J connectivity index is 2.01. The summed E-state index contributed by atoms with van der Waals surface area (Å²) in [6.07, 6.45) is 0. The summed E-state index contributed by atoms with van der Waals surface area (Å²) in [6.45, 7) is 5.75. The second kappa shape index (κ2) is 5.73. The van der Waals surface area contributed by atoms with E-state index in [9.17, 15) is 4.79 Å². The summed E-state index contributed by atoms with van der Waals surface area (Å²) in [5.74, 6) is 1.05. The molecular weight excluding hydrogens is 254 g/mol. The summed E-state index contributed by atoms with van der Waals surface area (Å²) in [7, 11) is 1.74. The molecule has 0 aliphatic heterocycles. The third-order valence-corrected chi connectivity index (χ3v) is 3.10. The first kappa shape index (κ1) is 14.0. The van der Waals surface area contributed by atoms with Gasteiger partial charge >= 0.3 is 6.03 Å². The van der Waals surface area contributed by atoms with Crippen LogP contribution in [0.2, 0.25) is 0 Å². The van der Waals surface area contributed by atoms with Crippen molar-refractivity contribution in [2.75, 3.05) is 5.32 Å². The van der Waals surface area contributed by atoms with E-state index in [-0.39, 0.29) is 12.1 Å². The Kier molecular flexibility index (Phi) is 4.02. The fourth-order valence-electron chi connectivity index (χ4n) is 2.11. The van der Waals surface area contributed by atoms with Crippen LogP contribution in [-0.4, -0.2) is 20.8 Å². The van der Waals surface area contributed by atoms with E-state index in [1.165, 1.54) is 4.68 Å². The van der Waals surface area contributed by atoms with E-state index in [0.717, 1.165) is 11.1 Å². The van der Waals surface area contributed by atoms with Crippen molar-refractivity contribution in [3.63, 3.8) is 0 Å². The molecule has 0 bridgehead atoms. The van der Waals surface area contributed by atoms with Crippen LogP contribution in [-0.2, 0) is 7.05 Å². The first-order chi connectivity index (χ1) is 9.47. The maximum atomic E-state index is 12.0. The number of carbonyl (C=O) groups is 1. The van der Waals surface area contributed by atoms with Crippen LogP contribution >= 0.6 is 0 Å². The first-order valence-corrected chi connectivity index (χ1v) is 6.48. The monoisotopic (exact) mass is 273 g/mol. The Hall–Kier alpha value is -2.37. The molecule has 0 spiro atoms. The molecule has 0 saturated heterocycles. The Morgan fingerprint density at radius 2 is 2.00 bits per heavy atom. The average molecular weight is 273 g/mol. The van der Waals surface area contributed by atoms with Gasteiger partial charge in [0.05, 0.1) is 6.04 Å². The van der Waals surface area contributed by atoms with Gasteiger partial charge in [-0.25, -0.2) is 9.48 Å². The van der Waals surface area contributed by atoms with Gasteiger partial charge in [0, 0.05) is 7.05 Å². The number of benzene rings is 1. The molecule has 0 saturated carbocycles. The van der Waals surface area contributed by atoms with E-state index in [1.807, 2.05) is 38.1 Å². The van der Waals surface area contributed by atoms with Crippen molar-refractivity contribution in [2.24, 2.45) is 7.05 Å². The van der Waals surface area contributed by atoms with Crippen LogP contribution in [0.15, 0.2) is 24.3 Å². The van der Waals surface area contributed by atoms with E-state index in [2.05, 4.69) is 20.7 Å². The molecule has 2 N–H and O–H groups in total. The van der Waals surface area contributed by atoms with Crippen molar-refractivity contribution in [3.05, 3.63) is 41.2 Å². The minimum absolute atomic E-state index is 0.0782. The standard InChI is InChI=1S/C14H19N5O/c1-9-7-5-6-8-12(9)10(2)15-14(20)17-13-16-11(3)18-19(13)4/h5-8,10H,1-4H3,(H2,15,16,17,18,20)/t10-/m0/s1. The molecule has 2 amide bonds. The summed E-state index contributed by atoms with van der Waals surface area (Å²) < 4.78 is 1.54. The van der Waals surface area contributed by atoms with Crippen LogP contribution in [0, 0.1) is 13.8 Å². The maximum Gasteiger partial charge on any atom is 0.322 e. The number of amides is 2. The number of aromatic nitrogens is 3. The zero-order valence-corrected chi connectivity index (χ0v) is 12.1. The number of carbonyl (C=O) groups excluding carboxylic acids is 1. The van der Waals surface area contributed by atoms with E-state index in [1.54, 1.807) is 14.0 Å². The van der Waals surface area contributed by atoms with Crippen molar-refractivity contribution in [1.82, 2.24) is 20.1 Å². The van der Waals surface area contributed by atoms with Crippen molar-refractivity contribution in [1.29, 1.82) is 0 Å². The molecule has 0 aliphatic carbocycles. The van der Waals surface area contributed by atoms with E-state index < -0.39 is 0 Å². The van der Waals surface area contributed by atoms with Crippen LogP contribution in [0.1, 0.15) is 29.9 Å². The number of rotatable bonds is 3. The second-order valence-electron chi connectivity index (χ2n) is 4.78. The molecule has 1 aromatic heterocycles. The molecule has 6 heteroatoms. The number of nitrogens with one attached hydrogen (secondary N) is 2. The molecule has 2 rings (SSSR count). The number of anilines is 1. The van der Waals surface area contributed by atoms with Crippen LogP contribution in [0.25, 0.3) is 0 Å². The summed E-state index contributed by atoms with van der Waals surface area (Å²) in [5, 5.41) is 9.66. The van der Waals surface area contributed by atoms with Crippen LogP contribution < -0.4 is 10.6 Å². The summed E-state index contributed by atoms with van der Waals surface area (Å²) in [5.41, 5.74) is 2.24. The highest BCUT2D eigenvalue weighted by molar-refractivity contribution is 5.87. The number of hydrogen-bond acceptors (Lipinski definition) is 3. The van der Waals surface area contributed by atoms with Gasteiger partial charge in [-0.2, -0.15) is 10.1 Å². The van der Waals surface area contributed by atoms with Gasteiger partial charge in [0.15, 0.2) is 0 Å². The number of urea groups is 1. The lowest BCUT2D eigenvalue weighted by Gasteiger charge is -2.16. The third-order valence-electron chi connectivity index (χ3n) is 3.10. The van der Waals surface area contributed by atoms with Crippen molar-refractivity contribution >= 4 is 12.0 Å². The van der Waals surface area contributed by atoms with Gasteiger partial charge in [-0.3, -0.25) is 5.32 Å². The molecule has 106 valence electrons.